The van der Waals surface area contributed by atoms with Gasteiger partial charge in [0.25, 0.3) is 0 Å². The number of nitrogens with zero attached hydrogens (tertiary/aromatic N) is 1. The Morgan fingerprint density at radius 1 is 1.14 bits per heavy atom. The molecule has 0 spiro atoms. The minimum atomic E-state index is 0.0172. The fraction of sp³-hybridized carbons (Fsp3) is 0.471. The predicted molar refractivity (Wildman–Crippen MR) is 86.9 cm³/mol. The van der Waals surface area contributed by atoms with Gasteiger partial charge in [0.05, 0.1) is 5.92 Å². The highest BCUT2D eigenvalue weighted by molar-refractivity contribution is 8.08. The Hall–Kier alpha value is -1.62. The van der Waals surface area contributed by atoms with Gasteiger partial charge >= 0.3 is 0 Å². The van der Waals surface area contributed by atoms with Crippen molar-refractivity contribution in [3.63, 3.8) is 0 Å². The van der Waals surface area contributed by atoms with Crippen LogP contribution < -0.4 is 9.47 Å². The summed E-state index contributed by atoms with van der Waals surface area (Å²) in [5, 5.41) is 0. The summed E-state index contributed by atoms with van der Waals surface area (Å²) in [7, 11) is 0. The summed E-state index contributed by atoms with van der Waals surface area (Å²) in [6.45, 7) is 2.14. The number of fused-ring (bicyclic) bond motifs is 1. The number of likely N-dealkylation sites (tertiary alicyclic amines) is 1. The molecule has 22 heavy (non-hydrogen) atoms. The molecular formula is C17H19NO3S. The molecule has 0 bridgehead atoms. The molecule has 3 aliphatic rings. The second-order valence-electron chi connectivity index (χ2n) is 5.90. The first-order valence-electron chi connectivity index (χ1n) is 7.85. The number of carbonyl (C=O) groups excluding carboxylic acids is 1. The van der Waals surface area contributed by atoms with Gasteiger partial charge in [0.2, 0.25) is 12.7 Å². The first-order valence-corrected chi connectivity index (χ1v) is 8.83. The van der Waals surface area contributed by atoms with Crippen LogP contribution in [0.2, 0.25) is 0 Å². The Balaban J connectivity index is 1.50. The van der Waals surface area contributed by atoms with E-state index in [-0.39, 0.29) is 5.92 Å². The number of hydrogen-bond donors (Lipinski definition) is 0. The van der Waals surface area contributed by atoms with E-state index in [0.717, 1.165) is 48.7 Å². The number of piperidine rings is 1. The van der Waals surface area contributed by atoms with Crippen molar-refractivity contribution in [2.75, 3.05) is 25.6 Å². The molecule has 3 aliphatic heterocycles. The Kier molecular flexibility index (Phi) is 3.74. The fourth-order valence-electron chi connectivity index (χ4n) is 3.18. The van der Waals surface area contributed by atoms with Crippen LogP contribution in [0.4, 0.5) is 0 Å². The van der Waals surface area contributed by atoms with Crippen LogP contribution in [0, 0.1) is 5.92 Å². The van der Waals surface area contributed by atoms with E-state index in [4.69, 9.17) is 9.47 Å². The molecule has 0 aliphatic carbocycles. The van der Waals surface area contributed by atoms with Gasteiger partial charge in [0.1, 0.15) is 0 Å². The summed E-state index contributed by atoms with van der Waals surface area (Å²) in [5.41, 5.74) is 1.11. The fourth-order valence-corrected chi connectivity index (χ4v) is 4.33. The second-order valence-corrected chi connectivity index (χ2v) is 6.96. The van der Waals surface area contributed by atoms with Gasteiger partial charge in [-0.1, -0.05) is 6.08 Å². The molecule has 1 atom stereocenters. The van der Waals surface area contributed by atoms with Crippen molar-refractivity contribution in [3.05, 3.63) is 29.8 Å². The third-order valence-electron chi connectivity index (χ3n) is 4.41. The van der Waals surface area contributed by atoms with Gasteiger partial charge < -0.3 is 14.4 Å². The third kappa shape index (κ3) is 2.58. The minimum absolute atomic E-state index is 0.0172. The second kappa shape index (κ2) is 5.88. The predicted octanol–water partition coefficient (Wildman–Crippen LogP) is 3.13. The summed E-state index contributed by atoms with van der Waals surface area (Å²) in [5.74, 6) is 2.75. The molecular weight excluding hydrogens is 298 g/mol. The lowest BCUT2D eigenvalue weighted by atomic mass is 10.0. The molecule has 116 valence electrons. The number of hydrogen-bond acceptors (Lipinski definition) is 4. The zero-order valence-electron chi connectivity index (χ0n) is 12.4. The normalized spacial score (nSPS) is 23.5. The van der Waals surface area contributed by atoms with Crippen molar-refractivity contribution in [1.82, 2.24) is 4.90 Å². The van der Waals surface area contributed by atoms with Gasteiger partial charge in [-0.2, -0.15) is 0 Å². The van der Waals surface area contributed by atoms with E-state index in [2.05, 4.69) is 6.08 Å². The Labute approximate surface area is 134 Å². The lowest BCUT2D eigenvalue weighted by Crippen LogP contribution is -2.39. The molecule has 1 saturated heterocycles. The van der Waals surface area contributed by atoms with E-state index < -0.39 is 0 Å². The molecule has 1 unspecified atom stereocenters. The standard InChI is InChI=1S/C17H19NO3S/c19-17(18-6-2-1-3-7-18)13-9-16(22-10-13)12-4-5-14-15(8-12)21-11-20-14/h4-5,8-9,13H,1-3,6-7,10-11H2. The zero-order chi connectivity index (χ0) is 14.9. The van der Waals surface area contributed by atoms with Crippen molar-refractivity contribution >= 4 is 22.6 Å². The Morgan fingerprint density at radius 2 is 1.95 bits per heavy atom. The Bertz CT molecular complexity index is 622. The quantitative estimate of drug-likeness (QED) is 0.840. The molecule has 1 amide bonds. The van der Waals surface area contributed by atoms with E-state index in [9.17, 15) is 4.79 Å². The highest BCUT2D eigenvalue weighted by atomic mass is 32.2. The first-order chi connectivity index (χ1) is 10.8. The monoisotopic (exact) mass is 317 g/mol. The smallest absolute Gasteiger partial charge is 0.231 e. The molecule has 5 heteroatoms. The summed E-state index contributed by atoms with van der Waals surface area (Å²) < 4.78 is 10.8. The number of benzene rings is 1. The first kappa shape index (κ1) is 14.0. The molecule has 0 radical (unpaired) electrons. The highest BCUT2D eigenvalue weighted by Crippen LogP contribution is 2.41. The molecule has 0 aromatic heterocycles. The van der Waals surface area contributed by atoms with Crippen molar-refractivity contribution < 1.29 is 14.3 Å². The molecule has 3 heterocycles. The SMILES string of the molecule is O=C(C1C=C(c2ccc3c(c2)OCO3)SC1)N1CCCCC1. The highest BCUT2D eigenvalue weighted by Gasteiger charge is 2.29. The van der Waals surface area contributed by atoms with Gasteiger partial charge in [-0.3, -0.25) is 4.79 Å². The van der Waals surface area contributed by atoms with Gasteiger partial charge in [-0.15, -0.1) is 11.8 Å². The van der Waals surface area contributed by atoms with E-state index in [1.165, 1.54) is 11.3 Å². The molecule has 0 saturated carbocycles. The summed E-state index contributed by atoms with van der Waals surface area (Å²) >= 11 is 1.76. The molecule has 0 N–H and O–H groups in total. The number of thioether (sulfide) groups is 1. The number of carbonyl (C=O) groups is 1. The molecule has 1 aromatic rings. The average Bonchev–Trinajstić information content (AvgIpc) is 3.23. The van der Waals surface area contributed by atoms with E-state index in [1.807, 2.05) is 23.1 Å². The maximum absolute atomic E-state index is 12.6. The lowest BCUT2D eigenvalue weighted by molar-refractivity contribution is -0.134. The van der Waals surface area contributed by atoms with Crippen molar-refractivity contribution in [2.24, 2.45) is 5.92 Å². The maximum Gasteiger partial charge on any atom is 0.231 e. The van der Waals surface area contributed by atoms with Crippen LogP contribution in [-0.4, -0.2) is 36.4 Å². The lowest BCUT2D eigenvalue weighted by Gasteiger charge is -2.28. The number of amides is 1. The maximum atomic E-state index is 12.6. The van der Waals surface area contributed by atoms with Crippen molar-refractivity contribution in [3.8, 4) is 11.5 Å². The van der Waals surface area contributed by atoms with Gasteiger partial charge in [0.15, 0.2) is 11.5 Å². The third-order valence-corrected chi connectivity index (χ3v) is 5.62. The van der Waals surface area contributed by atoms with Crippen LogP contribution in [0.3, 0.4) is 0 Å². The largest absolute Gasteiger partial charge is 0.454 e. The van der Waals surface area contributed by atoms with E-state index in [0.29, 0.717) is 12.7 Å². The van der Waals surface area contributed by atoms with Crippen molar-refractivity contribution in [2.45, 2.75) is 19.3 Å². The number of ether oxygens (including phenoxy) is 2. The van der Waals surface area contributed by atoms with Gasteiger partial charge in [0, 0.05) is 23.7 Å². The van der Waals surface area contributed by atoms with Crippen LogP contribution in [0.25, 0.3) is 4.91 Å². The van der Waals surface area contributed by atoms with Crippen LogP contribution in [0.1, 0.15) is 24.8 Å². The van der Waals surface area contributed by atoms with Crippen LogP contribution in [-0.2, 0) is 4.79 Å². The summed E-state index contributed by atoms with van der Waals surface area (Å²) in [4.78, 5) is 15.8. The van der Waals surface area contributed by atoms with Crippen molar-refractivity contribution in [1.29, 1.82) is 0 Å². The molecule has 1 fully saturated rings. The van der Waals surface area contributed by atoms with E-state index in [1.54, 1.807) is 11.8 Å². The Morgan fingerprint density at radius 3 is 2.82 bits per heavy atom. The average molecular weight is 317 g/mol. The van der Waals surface area contributed by atoms with E-state index >= 15 is 0 Å². The summed E-state index contributed by atoms with van der Waals surface area (Å²) in [6.07, 6.45) is 5.66. The van der Waals surface area contributed by atoms with Crippen LogP contribution in [0.5, 0.6) is 11.5 Å². The molecule has 4 nitrogen and oxygen atoms in total. The van der Waals surface area contributed by atoms with Gasteiger partial charge in [-0.25, -0.2) is 0 Å². The molecule has 1 aromatic carbocycles. The zero-order valence-corrected chi connectivity index (χ0v) is 13.2. The number of rotatable bonds is 2. The summed E-state index contributed by atoms with van der Waals surface area (Å²) in [6, 6.07) is 5.99. The minimum Gasteiger partial charge on any atom is -0.454 e. The van der Waals surface area contributed by atoms with Crippen LogP contribution >= 0.6 is 11.8 Å². The molecule has 4 rings (SSSR count). The van der Waals surface area contributed by atoms with Gasteiger partial charge in [-0.05, 0) is 43.0 Å². The topological polar surface area (TPSA) is 38.8 Å². The van der Waals surface area contributed by atoms with Crippen LogP contribution in [0.15, 0.2) is 24.3 Å².